The lowest BCUT2D eigenvalue weighted by Gasteiger charge is -2.26. The van der Waals surface area contributed by atoms with Crippen LogP contribution >= 0.6 is 0 Å². The summed E-state index contributed by atoms with van der Waals surface area (Å²) >= 11 is 0. The molecule has 2 rings (SSSR count). The Morgan fingerprint density at radius 2 is 2.35 bits per heavy atom. The molecule has 1 aromatic heterocycles. The summed E-state index contributed by atoms with van der Waals surface area (Å²) in [5.41, 5.74) is 0.650. The molecule has 0 spiro atoms. The van der Waals surface area contributed by atoms with Crippen molar-refractivity contribution in [3.63, 3.8) is 0 Å². The van der Waals surface area contributed by atoms with E-state index in [2.05, 4.69) is 10.3 Å². The van der Waals surface area contributed by atoms with Crippen molar-refractivity contribution in [2.24, 2.45) is 0 Å². The van der Waals surface area contributed by atoms with Gasteiger partial charge in [-0.1, -0.05) is 0 Å². The van der Waals surface area contributed by atoms with Gasteiger partial charge in [0.05, 0.1) is 12.1 Å². The Bertz CT molecular complexity index is 489. The van der Waals surface area contributed by atoms with Crippen LogP contribution in [0.15, 0.2) is 18.3 Å². The zero-order chi connectivity index (χ0) is 12.3. The second-order valence-electron chi connectivity index (χ2n) is 3.62. The summed E-state index contributed by atoms with van der Waals surface area (Å²) in [6.45, 7) is 0.994. The highest BCUT2D eigenvalue weighted by molar-refractivity contribution is 5.95. The molecule has 17 heavy (non-hydrogen) atoms. The topological polar surface area (TPSA) is 86.1 Å². The molecule has 1 N–H and O–H groups in total. The molecule has 0 aliphatic carbocycles. The molecule has 1 aliphatic rings. The zero-order valence-electron chi connectivity index (χ0n) is 9.01. The van der Waals surface area contributed by atoms with E-state index in [9.17, 15) is 9.59 Å². The number of rotatable bonds is 1. The fourth-order valence-corrected chi connectivity index (χ4v) is 1.56. The van der Waals surface area contributed by atoms with Crippen molar-refractivity contribution in [2.45, 2.75) is 0 Å². The fourth-order valence-electron chi connectivity index (χ4n) is 1.56. The number of hydrogen-bond donors (Lipinski definition) is 1. The van der Waals surface area contributed by atoms with Gasteiger partial charge in [-0.2, -0.15) is 5.26 Å². The molecule has 2 heterocycles. The minimum Gasteiger partial charge on any atom is -0.353 e. The molecule has 1 aliphatic heterocycles. The predicted molar refractivity (Wildman–Crippen MR) is 57.9 cm³/mol. The summed E-state index contributed by atoms with van der Waals surface area (Å²) in [6.07, 6.45) is 1.34. The first-order valence-electron chi connectivity index (χ1n) is 5.13. The number of amides is 2. The van der Waals surface area contributed by atoms with Gasteiger partial charge in [-0.15, -0.1) is 0 Å². The predicted octanol–water partition coefficient (Wildman–Crippen LogP) is -0.475. The monoisotopic (exact) mass is 230 g/mol. The second-order valence-corrected chi connectivity index (χ2v) is 3.62. The van der Waals surface area contributed by atoms with Gasteiger partial charge in [-0.25, -0.2) is 4.98 Å². The molecule has 0 unspecified atom stereocenters. The van der Waals surface area contributed by atoms with E-state index < -0.39 is 0 Å². The number of carbonyl (C=O) groups excluding carboxylic acids is 2. The number of nitrogens with one attached hydrogen (secondary N) is 1. The highest BCUT2D eigenvalue weighted by Crippen LogP contribution is 2.05. The minimum absolute atomic E-state index is 0.0561. The molecule has 0 saturated carbocycles. The second kappa shape index (κ2) is 4.61. The summed E-state index contributed by atoms with van der Waals surface area (Å²) in [5.74, 6) is -0.456. The molecular formula is C11H10N4O2. The number of nitrogens with zero attached hydrogens (tertiary/aromatic N) is 3. The van der Waals surface area contributed by atoms with Gasteiger partial charge in [0.15, 0.2) is 0 Å². The lowest BCUT2D eigenvalue weighted by atomic mass is 10.2. The minimum atomic E-state index is -0.288. The van der Waals surface area contributed by atoms with Crippen LogP contribution in [0.1, 0.15) is 16.1 Å². The van der Waals surface area contributed by atoms with Crippen LogP contribution < -0.4 is 5.32 Å². The molecule has 0 aromatic carbocycles. The van der Waals surface area contributed by atoms with Crippen LogP contribution in [0.25, 0.3) is 0 Å². The summed E-state index contributed by atoms with van der Waals surface area (Å²) < 4.78 is 0. The largest absolute Gasteiger partial charge is 0.353 e. The molecule has 6 heteroatoms. The van der Waals surface area contributed by atoms with Crippen molar-refractivity contribution in [3.05, 3.63) is 29.6 Å². The number of pyridine rings is 1. The Hall–Kier alpha value is -2.42. The molecule has 86 valence electrons. The van der Waals surface area contributed by atoms with Crippen molar-refractivity contribution in [3.8, 4) is 6.07 Å². The van der Waals surface area contributed by atoms with E-state index in [1.54, 1.807) is 0 Å². The van der Waals surface area contributed by atoms with Gasteiger partial charge in [0, 0.05) is 19.3 Å². The lowest BCUT2D eigenvalue weighted by Crippen LogP contribution is -2.50. The SMILES string of the molecule is N#Cc1ccc(C(=O)N2CCNC(=O)C2)nc1. The maximum absolute atomic E-state index is 11.9. The van der Waals surface area contributed by atoms with E-state index in [-0.39, 0.29) is 24.1 Å². The number of piperazine rings is 1. The number of carbonyl (C=O) groups is 2. The van der Waals surface area contributed by atoms with Gasteiger partial charge in [-0.3, -0.25) is 9.59 Å². The number of nitriles is 1. The Morgan fingerprint density at radius 1 is 1.53 bits per heavy atom. The number of aromatic nitrogens is 1. The van der Waals surface area contributed by atoms with Crippen LogP contribution in [0, 0.1) is 11.3 Å². The third-order valence-electron chi connectivity index (χ3n) is 2.44. The van der Waals surface area contributed by atoms with Crippen LogP contribution in [-0.2, 0) is 4.79 Å². The summed E-state index contributed by atoms with van der Waals surface area (Å²) in [6, 6.07) is 4.95. The zero-order valence-corrected chi connectivity index (χ0v) is 9.01. The van der Waals surface area contributed by atoms with Crippen molar-refractivity contribution in [1.82, 2.24) is 15.2 Å². The Balaban J connectivity index is 2.13. The van der Waals surface area contributed by atoms with E-state index in [0.29, 0.717) is 18.7 Å². The van der Waals surface area contributed by atoms with Crippen molar-refractivity contribution < 1.29 is 9.59 Å². The van der Waals surface area contributed by atoms with Gasteiger partial charge in [0.1, 0.15) is 11.8 Å². The van der Waals surface area contributed by atoms with Crippen molar-refractivity contribution >= 4 is 11.8 Å². The lowest BCUT2D eigenvalue weighted by molar-refractivity contribution is -0.123. The first-order chi connectivity index (χ1) is 8.20. The highest BCUT2D eigenvalue weighted by Gasteiger charge is 2.22. The quantitative estimate of drug-likeness (QED) is 0.706. The smallest absolute Gasteiger partial charge is 0.272 e. The summed E-state index contributed by atoms with van der Waals surface area (Å²) in [5, 5.41) is 11.3. The molecule has 0 bridgehead atoms. The average molecular weight is 230 g/mol. The van der Waals surface area contributed by atoms with E-state index in [0.717, 1.165) is 0 Å². The molecule has 6 nitrogen and oxygen atoms in total. The molecule has 1 saturated heterocycles. The maximum Gasteiger partial charge on any atom is 0.272 e. The first-order valence-corrected chi connectivity index (χ1v) is 5.13. The third-order valence-corrected chi connectivity index (χ3v) is 2.44. The average Bonchev–Trinajstić information content (AvgIpc) is 2.38. The van der Waals surface area contributed by atoms with E-state index in [1.807, 2.05) is 6.07 Å². The van der Waals surface area contributed by atoms with Crippen LogP contribution in [0.5, 0.6) is 0 Å². The molecule has 1 aromatic rings. The van der Waals surface area contributed by atoms with Gasteiger partial charge in [0.25, 0.3) is 5.91 Å². The Labute approximate surface area is 97.9 Å². The molecule has 0 atom stereocenters. The van der Waals surface area contributed by atoms with Crippen LogP contribution in [0.2, 0.25) is 0 Å². The summed E-state index contributed by atoms with van der Waals surface area (Å²) in [4.78, 5) is 28.4. The fraction of sp³-hybridized carbons (Fsp3) is 0.273. The number of hydrogen-bond acceptors (Lipinski definition) is 4. The molecule has 2 amide bonds. The van der Waals surface area contributed by atoms with E-state index in [1.165, 1.54) is 23.2 Å². The van der Waals surface area contributed by atoms with Gasteiger partial charge in [-0.05, 0) is 12.1 Å². The Morgan fingerprint density at radius 3 is 2.94 bits per heavy atom. The van der Waals surface area contributed by atoms with Gasteiger partial charge < -0.3 is 10.2 Å². The van der Waals surface area contributed by atoms with Crippen LogP contribution in [0.4, 0.5) is 0 Å². The van der Waals surface area contributed by atoms with Crippen molar-refractivity contribution in [1.29, 1.82) is 5.26 Å². The molecular weight excluding hydrogens is 220 g/mol. The van der Waals surface area contributed by atoms with E-state index >= 15 is 0 Å². The van der Waals surface area contributed by atoms with Crippen LogP contribution in [-0.4, -0.2) is 41.3 Å². The molecule has 1 fully saturated rings. The van der Waals surface area contributed by atoms with Gasteiger partial charge in [0.2, 0.25) is 5.91 Å². The van der Waals surface area contributed by atoms with Gasteiger partial charge >= 0.3 is 0 Å². The normalized spacial score (nSPS) is 15.0. The van der Waals surface area contributed by atoms with Crippen molar-refractivity contribution in [2.75, 3.05) is 19.6 Å². The van der Waals surface area contributed by atoms with Crippen LogP contribution in [0.3, 0.4) is 0 Å². The third kappa shape index (κ3) is 2.39. The standard InChI is InChI=1S/C11H10N4O2/c12-5-8-1-2-9(14-6-8)11(17)15-4-3-13-10(16)7-15/h1-2,6H,3-4,7H2,(H,13,16). The first kappa shape index (κ1) is 11.1. The maximum atomic E-state index is 11.9. The van der Waals surface area contributed by atoms with E-state index in [4.69, 9.17) is 5.26 Å². The Kier molecular flexibility index (Phi) is 3.01. The highest BCUT2D eigenvalue weighted by atomic mass is 16.2. The molecule has 0 radical (unpaired) electrons. The summed E-state index contributed by atoms with van der Waals surface area (Å²) in [7, 11) is 0.